The van der Waals surface area contributed by atoms with Gasteiger partial charge in [-0.3, -0.25) is 4.79 Å². The lowest BCUT2D eigenvalue weighted by Crippen LogP contribution is -2.27. The van der Waals surface area contributed by atoms with Crippen LogP contribution in [-0.2, 0) is 11.2 Å². The molecule has 2 rings (SSSR count). The Morgan fingerprint density at radius 2 is 2.09 bits per heavy atom. The van der Waals surface area contributed by atoms with Crippen molar-refractivity contribution in [1.82, 2.24) is 5.32 Å². The second-order valence-electron chi connectivity index (χ2n) is 5.31. The van der Waals surface area contributed by atoms with Crippen LogP contribution in [-0.4, -0.2) is 13.0 Å². The van der Waals surface area contributed by atoms with Crippen LogP contribution in [0.2, 0.25) is 0 Å². The van der Waals surface area contributed by atoms with Gasteiger partial charge in [-0.2, -0.15) is 0 Å². The molecule has 0 fully saturated rings. The zero-order chi connectivity index (χ0) is 16.8. The molecule has 2 aromatic rings. The lowest BCUT2D eigenvalue weighted by Gasteiger charge is -2.17. The molecule has 1 unspecified atom stereocenters. The second-order valence-corrected chi connectivity index (χ2v) is 6.22. The van der Waals surface area contributed by atoms with Crippen LogP contribution in [0, 0.1) is 5.82 Å². The van der Waals surface area contributed by atoms with E-state index in [0.29, 0.717) is 24.2 Å². The van der Waals surface area contributed by atoms with Crippen LogP contribution in [0.5, 0.6) is 5.75 Å². The van der Waals surface area contributed by atoms with E-state index in [1.807, 2.05) is 31.2 Å². The number of ether oxygens (including phenoxy) is 1. The predicted octanol–water partition coefficient (Wildman–Crippen LogP) is 4.41. The topological polar surface area (TPSA) is 38.3 Å². The molecule has 0 spiro atoms. The Balaban J connectivity index is 1.96. The third-order valence-corrected chi connectivity index (χ3v) is 4.06. The van der Waals surface area contributed by atoms with Gasteiger partial charge in [-0.1, -0.05) is 28.1 Å². The van der Waals surface area contributed by atoms with Crippen molar-refractivity contribution in [2.45, 2.75) is 25.8 Å². The third-order valence-electron chi connectivity index (χ3n) is 3.57. The Hall–Kier alpha value is -1.88. The number of methoxy groups -OCH3 is 1. The molecular weight excluding hydrogens is 361 g/mol. The fourth-order valence-corrected chi connectivity index (χ4v) is 2.83. The SMILES string of the molecule is COc1ccc(F)cc1C(C)NC(=O)CCc1cccc(Br)c1. The molecule has 3 nitrogen and oxygen atoms in total. The number of hydrogen-bond acceptors (Lipinski definition) is 2. The molecule has 0 aliphatic heterocycles. The van der Waals surface area contributed by atoms with Gasteiger partial charge in [-0.25, -0.2) is 4.39 Å². The molecule has 2 aromatic carbocycles. The summed E-state index contributed by atoms with van der Waals surface area (Å²) in [6.45, 7) is 1.81. The zero-order valence-electron chi connectivity index (χ0n) is 13.1. The first-order valence-electron chi connectivity index (χ1n) is 7.37. The second kappa shape index (κ2) is 8.11. The average molecular weight is 380 g/mol. The van der Waals surface area contributed by atoms with Crippen LogP contribution in [0.3, 0.4) is 0 Å². The van der Waals surface area contributed by atoms with Gasteiger partial charge in [0.25, 0.3) is 0 Å². The van der Waals surface area contributed by atoms with E-state index in [4.69, 9.17) is 4.74 Å². The Kier molecular flexibility index (Phi) is 6.16. The number of halogens is 2. The fraction of sp³-hybridized carbons (Fsp3) is 0.278. The summed E-state index contributed by atoms with van der Waals surface area (Å²) in [6.07, 6.45) is 1.02. The summed E-state index contributed by atoms with van der Waals surface area (Å²) in [5, 5.41) is 2.89. The molecule has 1 amide bonds. The van der Waals surface area contributed by atoms with Crippen molar-refractivity contribution in [3.8, 4) is 5.75 Å². The van der Waals surface area contributed by atoms with Crippen LogP contribution in [0.25, 0.3) is 0 Å². The number of amides is 1. The molecule has 122 valence electrons. The normalized spacial score (nSPS) is 11.8. The van der Waals surface area contributed by atoms with Crippen molar-refractivity contribution in [2.75, 3.05) is 7.11 Å². The smallest absolute Gasteiger partial charge is 0.220 e. The van der Waals surface area contributed by atoms with Gasteiger partial charge in [-0.05, 0) is 49.2 Å². The van der Waals surface area contributed by atoms with Gasteiger partial charge in [0.15, 0.2) is 0 Å². The van der Waals surface area contributed by atoms with Crippen LogP contribution >= 0.6 is 15.9 Å². The van der Waals surface area contributed by atoms with E-state index in [2.05, 4.69) is 21.2 Å². The Morgan fingerprint density at radius 1 is 1.30 bits per heavy atom. The highest BCUT2D eigenvalue weighted by molar-refractivity contribution is 9.10. The number of benzene rings is 2. The largest absolute Gasteiger partial charge is 0.496 e. The van der Waals surface area contributed by atoms with Gasteiger partial charge in [0.05, 0.1) is 13.2 Å². The monoisotopic (exact) mass is 379 g/mol. The van der Waals surface area contributed by atoms with Gasteiger partial charge in [0, 0.05) is 16.5 Å². The van der Waals surface area contributed by atoms with Gasteiger partial charge in [0.1, 0.15) is 11.6 Å². The molecule has 1 N–H and O–H groups in total. The van der Waals surface area contributed by atoms with Crippen LogP contribution < -0.4 is 10.1 Å². The van der Waals surface area contributed by atoms with Crippen LogP contribution in [0.4, 0.5) is 4.39 Å². The third kappa shape index (κ3) is 5.06. The Bertz CT molecular complexity index is 690. The first-order valence-corrected chi connectivity index (χ1v) is 8.16. The minimum atomic E-state index is -0.351. The summed E-state index contributed by atoms with van der Waals surface area (Å²) in [7, 11) is 1.53. The summed E-state index contributed by atoms with van der Waals surface area (Å²) in [6, 6.07) is 11.8. The maximum Gasteiger partial charge on any atom is 0.220 e. The molecule has 0 saturated heterocycles. The van der Waals surface area contributed by atoms with Crippen molar-refractivity contribution in [1.29, 1.82) is 0 Å². The van der Waals surface area contributed by atoms with Gasteiger partial charge < -0.3 is 10.1 Å². The van der Waals surface area contributed by atoms with Gasteiger partial charge in [-0.15, -0.1) is 0 Å². The van der Waals surface area contributed by atoms with E-state index >= 15 is 0 Å². The van der Waals surface area contributed by atoms with E-state index in [-0.39, 0.29) is 17.8 Å². The lowest BCUT2D eigenvalue weighted by atomic mass is 10.1. The zero-order valence-corrected chi connectivity index (χ0v) is 14.7. The molecule has 0 aromatic heterocycles. The molecular formula is C18H19BrFNO2. The van der Waals surface area contributed by atoms with Gasteiger partial charge >= 0.3 is 0 Å². The number of carbonyl (C=O) groups excluding carboxylic acids is 1. The number of rotatable bonds is 6. The number of carbonyl (C=O) groups is 1. The maximum absolute atomic E-state index is 13.4. The average Bonchev–Trinajstić information content (AvgIpc) is 2.53. The lowest BCUT2D eigenvalue weighted by molar-refractivity contribution is -0.121. The summed E-state index contributed by atoms with van der Waals surface area (Å²) < 4.78 is 19.6. The highest BCUT2D eigenvalue weighted by Crippen LogP contribution is 2.25. The maximum atomic E-state index is 13.4. The minimum Gasteiger partial charge on any atom is -0.496 e. The first kappa shape index (κ1) is 17.5. The van der Waals surface area contributed by atoms with E-state index < -0.39 is 0 Å². The van der Waals surface area contributed by atoms with Crippen LogP contribution in [0.1, 0.15) is 30.5 Å². The molecule has 0 aliphatic rings. The summed E-state index contributed by atoms with van der Waals surface area (Å²) >= 11 is 3.41. The molecule has 0 aliphatic carbocycles. The summed E-state index contributed by atoms with van der Waals surface area (Å²) in [5.41, 5.74) is 1.72. The van der Waals surface area contributed by atoms with E-state index in [1.54, 1.807) is 6.07 Å². The van der Waals surface area contributed by atoms with Crippen molar-refractivity contribution >= 4 is 21.8 Å². The summed E-state index contributed by atoms with van der Waals surface area (Å²) in [5.74, 6) is 0.131. The van der Waals surface area contributed by atoms with Crippen molar-refractivity contribution in [2.24, 2.45) is 0 Å². The molecule has 0 radical (unpaired) electrons. The van der Waals surface area contributed by atoms with Gasteiger partial charge in [0.2, 0.25) is 5.91 Å². The Morgan fingerprint density at radius 3 is 2.78 bits per heavy atom. The molecule has 23 heavy (non-hydrogen) atoms. The standard InChI is InChI=1S/C18H19BrFNO2/c1-12(16-11-15(20)7-8-17(16)23-2)21-18(22)9-6-13-4-3-5-14(19)10-13/h3-5,7-8,10-12H,6,9H2,1-2H3,(H,21,22). The number of nitrogens with one attached hydrogen (secondary N) is 1. The molecule has 0 heterocycles. The molecule has 1 atom stereocenters. The molecule has 0 saturated carbocycles. The Labute approximate surface area is 144 Å². The minimum absolute atomic E-state index is 0.0798. The fourth-order valence-electron chi connectivity index (χ4n) is 2.39. The first-order chi connectivity index (χ1) is 11.0. The molecule has 5 heteroatoms. The van der Waals surface area contributed by atoms with Crippen molar-refractivity contribution in [3.63, 3.8) is 0 Å². The number of aryl methyl sites for hydroxylation is 1. The molecule has 0 bridgehead atoms. The van der Waals surface area contributed by atoms with E-state index in [0.717, 1.165) is 10.0 Å². The predicted molar refractivity (Wildman–Crippen MR) is 92.0 cm³/mol. The highest BCUT2D eigenvalue weighted by Gasteiger charge is 2.15. The van der Waals surface area contributed by atoms with Crippen molar-refractivity contribution < 1.29 is 13.9 Å². The van der Waals surface area contributed by atoms with E-state index in [9.17, 15) is 9.18 Å². The van der Waals surface area contributed by atoms with Crippen LogP contribution in [0.15, 0.2) is 46.9 Å². The van der Waals surface area contributed by atoms with Crippen molar-refractivity contribution in [3.05, 3.63) is 63.9 Å². The van der Waals surface area contributed by atoms with E-state index in [1.165, 1.54) is 19.2 Å². The number of hydrogen-bond donors (Lipinski definition) is 1. The highest BCUT2D eigenvalue weighted by atomic mass is 79.9. The quantitative estimate of drug-likeness (QED) is 0.807. The summed E-state index contributed by atoms with van der Waals surface area (Å²) in [4.78, 5) is 12.1.